The average molecular weight is 800 g/mol. The number of nitrogens with one attached hydrogen (secondary N) is 4. The fourth-order valence-electron chi connectivity index (χ4n) is 10.6. The highest BCUT2D eigenvalue weighted by Crippen LogP contribution is 2.43. The minimum Gasteiger partial charge on any atom is -0.345 e. The molecule has 0 spiro atoms. The van der Waals surface area contributed by atoms with E-state index in [1.54, 1.807) is 0 Å². The van der Waals surface area contributed by atoms with E-state index in [4.69, 9.17) is 0 Å². The summed E-state index contributed by atoms with van der Waals surface area (Å²) in [4.78, 5) is 36.4. The Hall–Kier alpha value is -5.27. The largest absolute Gasteiger partial charge is 0.345 e. The van der Waals surface area contributed by atoms with Gasteiger partial charge >= 0.3 is 0 Å². The molecule has 3 fully saturated rings. The molecule has 58 heavy (non-hydrogen) atoms. The number of aromatic nitrogens is 12. The van der Waals surface area contributed by atoms with Crippen molar-refractivity contribution >= 4 is 62.8 Å². The second-order valence-electron chi connectivity index (χ2n) is 16.4. The van der Waals surface area contributed by atoms with Gasteiger partial charge in [-0.1, -0.05) is 52.9 Å². The van der Waals surface area contributed by atoms with E-state index in [2.05, 4.69) is 115 Å². The summed E-state index contributed by atoms with van der Waals surface area (Å²) in [5.41, 5.74) is 13.1. The SMILES string of the molecule is CC[C@@H]1CCC[C@@H]1c1cnc2cnc3[nH]ccc3n12.CC[C@@H]1CCC[C@@H]1c1cnc2cnc3[nH]ccc3n12.CC[C@@H]1CNC[C@@H]1c1cnc2cnc3[nH]ccc3n12.Cl. The number of fused-ring (bicyclic) bond motifs is 9. The van der Waals surface area contributed by atoms with E-state index in [1.165, 1.54) is 74.9 Å². The molecular formula is C44H54ClN13. The summed E-state index contributed by atoms with van der Waals surface area (Å²) in [6.07, 6.45) is 29.2. The zero-order valence-corrected chi connectivity index (χ0v) is 34.4. The molecule has 302 valence electrons. The summed E-state index contributed by atoms with van der Waals surface area (Å²) in [7, 11) is 0. The maximum Gasteiger partial charge on any atom is 0.156 e. The number of halogens is 1. The van der Waals surface area contributed by atoms with Gasteiger partial charge in [-0.25, -0.2) is 29.9 Å². The van der Waals surface area contributed by atoms with Crippen LogP contribution in [0.25, 0.3) is 50.4 Å². The molecule has 0 unspecified atom stereocenters. The first-order valence-corrected chi connectivity index (χ1v) is 21.2. The highest BCUT2D eigenvalue weighted by atomic mass is 35.5. The molecule has 12 rings (SSSR count). The normalized spacial score (nSPS) is 23.2. The molecule has 0 aromatic carbocycles. The van der Waals surface area contributed by atoms with Crippen molar-refractivity contribution in [2.45, 2.75) is 96.3 Å². The fourth-order valence-corrected chi connectivity index (χ4v) is 10.6. The Labute approximate surface area is 343 Å². The van der Waals surface area contributed by atoms with Crippen molar-refractivity contribution < 1.29 is 0 Å². The van der Waals surface area contributed by atoms with Crippen molar-refractivity contribution in [3.8, 4) is 0 Å². The van der Waals surface area contributed by atoms with Crippen molar-refractivity contribution in [1.29, 1.82) is 0 Å². The molecule has 0 amide bonds. The smallest absolute Gasteiger partial charge is 0.156 e. The van der Waals surface area contributed by atoms with Gasteiger partial charge in [-0.2, -0.15) is 0 Å². The number of imidazole rings is 3. The molecule has 9 aromatic rings. The lowest BCUT2D eigenvalue weighted by Crippen LogP contribution is -2.12. The van der Waals surface area contributed by atoms with E-state index >= 15 is 0 Å². The summed E-state index contributed by atoms with van der Waals surface area (Å²) >= 11 is 0. The number of aromatic amines is 3. The van der Waals surface area contributed by atoms with E-state index in [9.17, 15) is 0 Å². The molecule has 0 bridgehead atoms. The van der Waals surface area contributed by atoms with Gasteiger partial charge in [0.05, 0.1) is 35.1 Å². The average Bonchev–Trinajstić information content (AvgIpc) is 4.09. The van der Waals surface area contributed by atoms with E-state index in [-0.39, 0.29) is 12.4 Å². The lowest BCUT2D eigenvalue weighted by molar-refractivity contribution is 0.461. The topological polar surface area (TPSA) is 150 Å². The maximum absolute atomic E-state index is 4.55. The van der Waals surface area contributed by atoms with E-state index < -0.39 is 0 Å². The monoisotopic (exact) mass is 799 g/mol. The van der Waals surface area contributed by atoms with Gasteiger partial charge in [0, 0.05) is 78.6 Å². The van der Waals surface area contributed by atoms with Crippen LogP contribution in [0.3, 0.4) is 0 Å². The molecule has 0 radical (unpaired) electrons. The van der Waals surface area contributed by atoms with Crippen LogP contribution < -0.4 is 5.32 Å². The lowest BCUT2D eigenvalue weighted by atomic mass is 9.91. The third-order valence-electron chi connectivity index (χ3n) is 13.6. The van der Waals surface area contributed by atoms with Gasteiger partial charge in [0.1, 0.15) is 0 Å². The second-order valence-corrected chi connectivity index (χ2v) is 16.4. The van der Waals surface area contributed by atoms with Crippen molar-refractivity contribution in [3.63, 3.8) is 0 Å². The van der Waals surface area contributed by atoms with Crippen LogP contribution in [0.1, 0.15) is 113 Å². The summed E-state index contributed by atoms with van der Waals surface area (Å²) in [5.74, 6) is 4.16. The molecule has 2 saturated carbocycles. The van der Waals surface area contributed by atoms with Crippen molar-refractivity contribution in [2.24, 2.45) is 17.8 Å². The molecule has 3 aliphatic rings. The Bertz CT molecular complexity index is 2480. The Morgan fingerprint density at radius 1 is 0.483 bits per heavy atom. The Morgan fingerprint density at radius 2 is 0.879 bits per heavy atom. The van der Waals surface area contributed by atoms with Crippen LogP contribution in [0.5, 0.6) is 0 Å². The van der Waals surface area contributed by atoms with Gasteiger partial charge in [0.2, 0.25) is 0 Å². The van der Waals surface area contributed by atoms with Crippen LogP contribution in [-0.4, -0.2) is 71.1 Å². The Morgan fingerprint density at radius 3 is 1.28 bits per heavy atom. The van der Waals surface area contributed by atoms with Crippen molar-refractivity contribution in [1.82, 2.24) is 63.4 Å². The van der Waals surface area contributed by atoms with Gasteiger partial charge in [0.15, 0.2) is 33.9 Å². The first-order valence-electron chi connectivity index (χ1n) is 21.2. The lowest BCUT2D eigenvalue weighted by Gasteiger charge is -2.17. The van der Waals surface area contributed by atoms with Crippen LogP contribution in [0.2, 0.25) is 0 Å². The highest BCUT2D eigenvalue weighted by Gasteiger charge is 2.32. The number of H-pyrrole nitrogens is 3. The Balaban J connectivity index is 0.000000112. The van der Waals surface area contributed by atoms with E-state index in [0.29, 0.717) is 23.7 Å². The summed E-state index contributed by atoms with van der Waals surface area (Å²) in [6, 6.07) is 6.26. The summed E-state index contributed by atoms with van der Waals surface area (Å²) < 4.78 is 6.83. The molecule has 9 aromatic heterocycles. The molecule has 1 saturated heterocycles. The first kappa shape index (κ1) is 38.3. The molecule has 1 aliphatic heterocycles. The number of rotatable bonds is 6. The van der Waals surface area contributed by atoms with Crippen LogP contribution >= 0.6 is 12.4 Å². The van der Waals surface area contributed by atoms with Crippen LogP contribution in [0.15, 0.2) is 74.0 Å². The van der Waals surface area contributed by atoms with Crippen molar-refractivity contribution in [2.75, 3.05) is 13.1 Å². The molecule has 6 atom stereocenters. The third-order valence-corrected chi connectivity index (χ3v) is 13.6. The minimum atomic E-state index is 0. The fraction of sp³-hybridized carbons (Fsp3) is 0.455. The van der Waals surface area contributed by atoms with Gasteiger partial charge in [-0.15, -0.1) is 12.4 Å². The minimum absolute atomic E-state index is 0. The molecule has 4 N–H and O–H groups in total. The van der Waals surface area contributed by atoms with Gasteiger partial charge in [0.25, 0.3) is 0 Å². The van der Waals surface area contributed by atoms with E-state index in [1.807, 2.05) is 43.4 Å². The molecule has 13 nitrogen and oxygen atoms in total. The highest BCUT2D eigenvalue weighted by molar-refractivity contribution is 5.85. The van der Waals surface area contributed by atoms with E-state index in [0.717, 1.165) is 75.4 Å². The standard InChI is InChI=1S/2C15H18N4.C14H17N5.ClH/c2*1-2-10-4-3-5-11(10)13-8-17-14-9-18-15-12(19(13)14)6-7-16-15;1-2-9-5-15-6-10(9)12-7-17-13-8-18-14-11(19(12)13)3-4-16-14;/h2*6-11,16H,2-5H2,1H3;3-4,7-10,15-16H,2,5-6H2,1H3;1H/t2*10-,11+;9-,10+;/m111./s1. The Kier molecular flexibility index (Phi) is 10.7. The molecule has 2 aliphatic carbocycles. The van der Waals surface area contributed by atoms with Crippen molar-refractivity contribution in [3.05, 3.63) is 91.1 Å². The first-order chi connectivity index (χ1) is 28.1. The predicted molar refractivity (Wildman–Crippen MR) is 232 cm³/mol. The molecule has 14 heteroatoms. The quantitative estimate of drug-likeness (QED) is 0.131. The number of hydrogen-bond acceptors (Lipinski definition) is 7. The van der Waals surface area contributed by atoms with Crippen LogP contribution in [0.4, 0.5) is 0 Å². The molecular weight excluding hydrogens is 746 g/mol. The van der Waals surface area contributed by atoms with Gasteiger partial charge < -0.3 is 20.3 Å². The predicted octanol–water partition coefficient (Wildman–Crippen LogP) is 9.35. The molecule has 10 heterocycles. The third kappa shape index (κ3) is 6.52. The van der Waals surface area contributed by atoms with Gasteiger partial charge in [-0.3, -0.25) is 13.2 Å². The number of hydrogen-bond donors (Lipinski definition) is 4. The van der Waals surface area contributed by atoms with Crippen LogP contribution in [-0.2, 0) is 0 Å². The van der Waals surface area contributed by atoms with Gasteiger partial charge in [-0.05, 0) is 68.2 Å². The number of nitrogens with zero attached hydrogens (tertiary/aromatic N) is 9. The zero-order chi connectivity index (χ0) is 38.5. The zero-order valence-electron chi connectivity index (χ0n) is 33.6. The summed E-state index contributed by atoms with van der Waals surface area (Å²) in [5, 5.41) is 3.50. The second kappa shape index (κ2) is 16.2. The maximum atomic E-state index is 4.55. The summed E-state index contributed by atoms with van der Waals surface area (Å²) in [6.45, 7) is 9.02. The van der Waals surface area contributed by atoms with Crippen LogP contribution in [0, 0.1) is 17.8 Å².